The zero-order valence-corrected chi connectivity index (χ0v) is 14.1. The molecule has 7 nitrogen and oxygen atoms in total. The molecule has 24 heavy (non-hydrogen) atoms. The summed E-state index contributed by atoms with van der Waals surface area (Å²) in [5, 5.41) is 2.68. The quantitative estimate of drug-likeness (QED) is 0.899. The van der Waals surface area contributed by atoms with Gasteiger partial charge in [0.15, 0.2) is 0 Å². The van der Waals surface area contributed by atoms with Gasteiger partial charge in [0.2, 0.25) is 5.91 Å². The smallest absolute Gasteiger partial charge is 0.414 e. The van der Waals surface area contributed by atoms with Gasteiger partial charge in [-0.2, -0.15) is 0 Å². The largest absolute Gasteiger partial charge is 0.442 e. The third-order valence-corrected chi connectivity index (χ3v) is 4.30. The number of hydrogen-bond donors (Lipinski definition) is 1. The summed E-state index contributed by atoms with van der Waals surface area (Å²) in [6.45, 7) is 7.51. The van der Waals surface area contributed by atoms with Crippen molar-refractivity contribution in [1.29, 1.82) is 0 Å². The Balaban J connectivity index is 1.69. The first-order chi connectivity index (χ1) is 11.5. The number of rotatable bonds is 4. The fraction of sp³-hybridized carbons (Fsp3) is 0.529. The molecule has 2 heterocycles. The monoisotopic (exact) mass is 333 g/mol. The number of anilines is 2. The van der Waals surface area contributed by atoms with E-state index in [1.54, 1.807) is 4.90 Å². The van der Waals surface area contributed by atoms with Crippen molar-refractivity contribution in [3.05, 3.63) is 23.8 Å². The molecule has 1 aromatic carbocycles. The lowest BCUT2D eigenvalue weighted by Gasteiger charge is -2.30. The number of hydrogen-bond acceptors (Lipinski definition) is 5. The van der Waals surface area contributed by atoms with Crippen LogP contribution in [-0.4, -0.2) is 57.5 Å². The van der Waals surface area contributed by atoms with E-state index in [-0.39, 0.29) is 18.1 Å². The molecular weight excluding hydrogens is 310 g/mol. The molecule has 7 heteroatoms. The molecule has 2 saturated heterocycles. The molecule has 1 N–H and O–H groups in total. The Labute approximate surface area is 141 Å². The first-order valence-corrected chi connectivity index (χ1v) is 8.20. The van der Waals surface area contributed by atoms with E-state index in [1.165, 1.54) is 12.6 Å². The Morgan fingerprint density at radius 2 is 2.08 bits per heavy atom. The van der Waals surface area contributed by atoms with Crippen LogP contribution in [0.3, 0.4) is 0 Å². The van der Waals surface area contributed by atoms with Gasteiger partial charge < -0.3 is 19.7 Å². The van der Waals surface area contributed by atoms with Crippen LogP contribution in [0.15, 0.2) is 18.2 Å². The van der Waals surface area contributed by atoms with E-state index in [9.17, 15) is 9.59 Å². The Hall–Kier alpha value is -2.28. The zero-order valence-electron chi connectivity index (χ0n) is 14.1. The molecule has 1 atom stereocenters. The molecule has 0 saturated carbocycles. The van der Waals surface area contributed by atoms with Gasteiger partial charge in [0.05, 0.1) is 26.3 Å². The minimum Gasteiger partial charge on any atom is -0.442 e. The van der Waals surface area contributed by atoms with Gasteiger partial charge in [0.1, 0.15) is 6.10 Å². The molecule has 0 unspecified atom stereocenters. The Bertz CT molecular complexity index is 628. The molecule has 2 fully saturated rings. The van der Waals surface area contributed by atoms with Gasteiger partial charge >= 0.3 is 6.09 Å². The third-order valence-electron chi connectivity index (χ3n) is 4.30. The number of nitrogens with one attached hydrogen (secondary N) is 1. The van der Waals surface area contributed by atoms with Gasteiger partial charge in [-0.25, -0.2) is 4.79 Å². The van der Waals surface area contributed by atoms with Crippen LogP contribution in [0.2, 0.25) is 0 Å². The van der Waals surface area contributed by atoms with Gasteiger partial charge in [-0.15, -0.1) is 0 Å². The van der Waals surface area contributed by atoms with Gasteiger partial charge in [-0.05, 0) is 30.7 Å². The lowest BCUT2D eigenvalue weighted by atomic mass is 10.1. The average molecular weight is 333 g/mol. The van der Waals surface area contributed by atoms with Crippen LogP contribution < -0.4 is 15.1 Å². The second kappa shape index (κ2) is 7.09. The molecular formula is C17H23N3O4. The maximum atomic E-state index is 12.1. The Morgan fingerprint density at radius 1 is 1.33 bits per heavy atom. The Kier molecular flexibility index (Phi) is 4.89. The van der Waals surface area contributed by atoms with Crippen molar-refractivity contribution < 1.29 is 19.1 Å². The molecule has 0 aromatic heterocycles. The highest BCUT2D eigenvalue weighted by molar-refractivity contribution is 5.90. The lowest BCUT2D eigenvalue weighted by molar-refractivity contribution is -0.119. The van der Waals surface area contributed by atoms with E-state index in [4.69, 9.17) is 9.47 Å². The predicted octanol–water partition coefficient (Wildman–Crippen LogP) is 1.29. The molecule has 130 valence electrons. The highest BCUT2D eigenvalue weighted by Gasteiger charge is 2.32. The standard InChI is InChI=1S/C17H23N3O4/c1-12-9-14(3-4-16(12)19-5-7-23-8-6-19)20-11-15(24-17(20)22)10-18-13(2)21/h3-4,9,15H,5-8,10-11H2,1-2H3,(H,18,21)/t15-/m0/s1. The number of nitrogens with zero attached hydrogens (tertiary/aromatic N) is 2. The summed E-state index contributed by atoms with van der Waals surface area (Å²) < 4.78 is 10.7. The first-order valence-electron chi connectivity index (χ1n) is 8.20. The summed E-state index contributed by atoms with van der Waals surface area (Å²) in [6, 6.07) is 6.00. The number of ether oxygens (including phenoxy) is 2. The van der Waals surface area contributed by atoms with E-state index in [1.807, 2.05) is 25.1 Å². The highest BCUT2D eigenvalue weighted by atomic mass is 16.6. The molecule has 0 bridgehead atoms. The van der Waals surface area contributed by atoms with Crippen LogP contribution in [0.25, 0.3) is 0 Å². The van der Waals surface area contributed by atoms with E-state index >= 15 is 0 Å². The summed E-state index contributed by atoms with van der Waals surface area (Å²) >= 11 is 0. The highest BCUT2D eigenvalue weighted by Crippen LogP contribution is 2.28. The van der Waals surface area contributed by atoms with Crippen LogP contribution in [0, 0.1) is 6.92 Å². The second-order valence-corrected chi connectivity index (χ2v) is 6.12. The number of amides is 2. The normalized spacial score (nSPS) is 20.9. The molecule has 2 amide bonds. The van der Waals surface area contributed by atoms with Crippen LogP contribution in [0.4, 0.5) is 16.2 Å². The molecule has 1 aromatic rings. The number of carbonyl (C=O) groups excluding carboxylic acids is 2. The number of aryl methyl sites for hydroxylation is 1. The molecule has 2 aliphatic rings. The van der Waals surface area contributed by atoms with Crippen molar-refractivity contribution in [1.82, 2.24) is 5.32 Å². The fourth-order valence-electron chi connectivity index (χ4n) is 3.06. The zero-order chi connectivity index (χ0) is 17.1. The molecule has 0 radical (unpaired) electrons. The van der Waals surface area contributed by atoms with Crippen LogP contribution in [-0.2, 0) is 14.3 Å². The van der Waals surface area contributed by atoms with Crippen molar-refractivity contribution in [3.8, 4) is 0 Å². The Morgan fingerprint density at radius 3 is 2.75 bits per heavy atom. The van der Waals surface area contributed by atoms with Gasteiger partial charge in [0.25, 0.3) is 0 Å². The van der Waals surface area contributed by atoms with Crippen LogP contribution in [0.1, 0.15) is 12.5 Å². The van der Waals surface area contributed by atoms with Crippen molar-refractivity contribution >= 4 is 23.4 Å². The van der Waals surface area contributed by atoms with E-state index < -0.39 is 0 Å². The molecule has 0 spiro atoms. The maximum Gasteiger partial charge on any atom is 0.414 e. The summed E-state index contributed by atoms with van der Waals surface area (Å²) in [6.07, 6.45) is -0.690. The van der Waals surface area contributed by atoms with Crippen LogP contribution in [0.5, 0.6) is 0 Å². The van der Waals surface area contributed by atoms with Crippen molar-refractivity contribution in [2.24, 2.45) is 0 Å². The summed E-state index contributed by atoms with van der Waals surface area (Å²) in [5.74, 6) is -0.129. The number of morpholine rings is 1. The third kappa shape index (κ3) is 3.62. The fourth-order valence-corrected chi connectivity index (χ4v) is 3.06. The molecule has 0 aliphatic carbocycles. The predicted molar refractivity (Wildman–Crippen MR) is 90.5 cm³/mol. The number of cyclic esters (lactones) is 1. The minimum atomic E-state index is -0.371. The van der Waals surface area contributed by atoms with Crippen LogP contribution >= 0.6 is 0 Å². The van der Waals surface area contributed by atoms with Crippen molar-refractivity contribution in [2.75, 3.05) is 49.2 Å². The maximum absolute atomic E-state index is 12.1. The van der Waals surface area contributed by atoms with E-state index in [0.717, 1.165) is 37.6 Å². The summed E-state index contributed by atoms with van der Waals surface area (Å²) in [7, 11) is 0. The number of benzene rings is 1. The molecule has 3 rings (SSSR count). The van der Waals surface area contributed by atoms with Crippen molar-refractivity contribution in [3.63, 3.8) is 0 Å². The van der Waals surface area contributed by atoms with Crippen molar-refractivity contribution in [2.45, 2.75) is 20.0 Å². The minimum absolute atomic E-state index is 0.129. The van der Waals surface area contributed by atoms with Gasteiger partial charge in [-0.1, -0.05) is 0 Å². The van der Waals surface area contributed by atoms with E-state index in [0.29, 0.717) is 13.1 Å². The summed E-state index contributed by atoms with van der Waals surface area (Å²) in [5.41, 5.74) is 3.11. The first kappa shape index (κ1) is 16.6. The number of carbonyl (C=O) groups is 2. The second-order valence-electron chi connectivity index (χ2n) is 6.12. The molecule has 2 aliphatic heterocycles. The SMILES string of the molecule is CC(=O)NC[C@H]1CN(c2ccc(N3CCOCC3)c(C)c2)C(=O)O1. The van der Waals surface area contributed by atoms with Gasteiger partial charge in [0, 0.05) is 31.4 Å². The van der Waals surface area contributed by atoms with Gasteiger partial charge in [-0.3, -0.25) is 9.69 Å². The average Bonchev–Trinajstić information content (AvgIpc) is 2.94. The summed E-state index contributed by atoms with van der Waals surface area (Å²) in [4.78, 5) is 27.0. The van der Waals surface area contributed by atoms with E-state index in [2.05, 4.69) is 10.2 Å². The lowest BCUT2D eigenvalue weighted by Crippen LogP contribution is -2.36. The topological polar surface area (TPSA) is 71.1 Å².